The summed E-state index contributed by atoms with van der Waals surface area (Å²) < 4.78 is 18.9. The summed E-state index contributed by atoms with van der Waals surface area (Å²) in [5.74, 6) is -0.358. The fourth-order valence-corrected chi connectivity index (χ4v) is 4.67. The van der Waals surface area contributed by atoms with Crippen molar-refractivity contribution in [3.63, 3.8) is 0 Å². The molecule has 1 amide bonds. The quantitative estimate of drug-likeness (QED) is 0.831. The summed E-state index contributed by atoms with van der Waals surface area (Å²) in [7, 11) is 0. The highest BCUT2D eigenvalue weighted by molar-refractivity contribution is 5.92. The molecule has 132 valence electrons. The fourth-order valence-electron chi connectivity index (χ4n) is 4.67. The van der Waals surface area contributed by atoms with E-state index in [-0.39, 0.29) is 47.7 Å². The number of nitrogens with zero attached hydrogens (tertiary/aromatic N) is 2. The summed E-state index contributed by atoms with van der Waals surface area (Å²) in [6.45, 7) is 0.648. The number of nitrogens with one attached hydrogen (secondary N) is 1. The number of rotatable bonds is 3. The normalized spacial score (nSPS) is 35.7. The number of pyridine rings is 1. The number of carbonyl (C=O) groups is 2. The number of esters is 1. The molecule has 1 aromatic rings. The highest BCUT2D eigenvalue weighted by atomic mass is 19.1. The van der Waals surface area contributed by atoms with E-state index >= 15 is 0 Å². The highest BCUT2D eigenvalue weighted by Gasteiger charge is 2.57. The van der Waals surface area contributed by atoms with Crippen molar-refractivity contribution in [2.75, 3.05) is 6.54 Å². The van der Waals surface area contributed by atoms with Crippen molar-refractivity contribution in [3.8, 4) is 0 Å². The van der Waals surface area contributed by atoms with Gasteiger partial charge >= 0.3 is 5.97 Å². The van der Waals surface area contributed by atoms with Crippen LogP contribution >= 0.6 is 0 Å². The lowest BCUT2D eigenvalue weighted by atomic mass is 9.88. The van der Waals surface area contributed by atoms with Crippen LogP contribution < -0.4 is 5.32 Å². The maximum absolute atomic E-state index is 13.1. The molecule has 3 aliphatic heterocycles. The maximum atomic E-state index is 13.1. The summed E-state index contributed by atoms with van der Waals surface area (Å²) in [4.78, 5) is 30.9. The minimum atomic E-state index is -0.464. The van der Waals surface area contributed by atoms with E-state index in [0.717, 1.165) is 31.9 Å². The van der Waals surface area contributed by atoms with Gasteiger partial charge in [-0.15, -0.1) is 0 Å². The first-order valence-electron chi connectivity index (χ1n) is 8.99. The second-order valence-corrected chi connectivity index (χ2v) is 7.70. The van der Waals surface area contributed by atoms with Crippen LogP contribution in [0, 0.1) is 17.7 Å². The number of amides is 1. The molecule has 1 aliphatic carbocycles. The molecule has 4 aliphatic rings. The van der Waals surface area contributed by atoms with Crippen LogP contribution in [0.15, 0.2) is 18.3 Å². The SMILES string of the molecule is O=C(O[C@H]1[C@@H]2[C@@H]3CC(C[C@H]1N3)CN2C(=O)c1ccc(F)cn1)C1CC1. The molecule has 0 radical (unpaired) electrons. The van der Waals surface area contributed by atoms with Crippen molar-refractivity contribution in [2.45, 2.75) is 49.9 Å². The largest absolute Gasteiger partial charge is 0.458 e. The van der Waals surface area contributed by atoms with Gasteiger partial charge in [-0.2, -0.15) is 0 Å². The van der Waals surface area contributed by atoms with E-state index in [1.54, 1.807) is 4.90 Å². The first kappa shape index (κ1) is 15.3. The molecule has 3 saturated heterocycles. The monoisotopic (exact) mass is 345 g/mol. The van der Waals surface area contributed by atoms with Crippen molar-refractivity contribution >= 4 is 11.9 Å². The van der Waals surface area contributed by atoms with Gasteiger partial charge in [0.1, 0.15) is 17.6 Å². The Kier molecular flexibility index (Phi) is 3.35. The number of hydrogen-bond acceptors (Lipinski definition) is 5. The molecule has 0 spiro atoms. The summed E-state index contributed by atoms with van der Waals surface area (Å²) in [6, 6.07) is 2.78. The molecule has 25 heavy (non-hydrogen) atoms. The number of fused-ring (bicyclic) bond motifs is 2. The van der Waals surface area contributed by atoms with Gasteiger partial charge in [-0.3, -0.25) is 9.59 Å². The number of hydrogen-bond donors (Lipinski definition) is 1. The predicted octanol–water partition coefficient (Wildman–Crippen LogP) is 1.12. The summed E-state index contributed by atoms with van der Waals surface area (Å²) in [5, 5.41) is 3.53. The minimum absolute atomic E-state index is 0.0422. The molecule has 7 heteroatoms. The Morgan fingerprint density at radius 3 is 2.76 bits per heavy atom. The van der Waals surface area contributed by atoms with Gasteiger partial charge in [0.25, 0.3) is 5.91 Å². The smallest absolute Gasteiger partial charge is 0.309 e. The lowest BCUT2D eigenvalue weighted by molar-refractivity contribution is -0.153. The van der Waals surface area contributed by atoms with Crippen molar-refractivity contribution in [2.24, 2.45) is 11.8 Å². The van der Waals surface area contributed by atoms with Gasteiger partial charge in [-0.05, 0) is 43.7 Å². The van der Waals surface area contributed by atoms with Crippen LogP contribution in [0.3, 0.4) is 0 Å². The highest BCUT2D eigenvalue weighted by Crippen LogP contribution is 2.42. The van der Waals surface area contributed by atoms with Gasteiger partial charge < -0.3 is 15.0 Å². The summed E-state index contributed by atoms with van der Waals surface area (Å²) >= 11 is 0. The maximum Gasteiger partial charge on any atom is 0.309 e. The number of ether oxygens (including phenoxy) is 1. The Hall–Kier alpha value is -2.02. The topological polar surface area (TPSA) is 71.5 Å². The molecule has 6 nitrogen and oxygen atoms in total. The molecule has 5 rings (SSSR count). The Bertz CT molecular complexity index is 721. The van der Waals surface area contributed by atoms with Crippen LogP contribution in [-0.4, -0.2) is 52.5 Å². The fraction of sp³-hybridized carbons (Fsp3) is 0.611. The number of likely N-dealkylation sites (tertiary alicyclic amines) is 1. The molecule has 1 aromatic heterocycles. The molecule has 4 fully saturated rings. The number of halogens is 1. The number of piperidine rings is 2. The Morgan fingerprint density at radius 1 is 1.24 bits per heavy atom. The molecule has 4 heterocycles. The average Bonchev–Trinajstić information content (AvgIpc) is 3.42. The van der Waals surface area contributed by atoms with E-state index < -0.39 is 5.82 Å². The van der Waals surface area contributed by atoms with Gasteiger partial charge in [0.2, 0.25) is 0 Å². The zero-order chi connectivity index (χ0) is 17.1. The van der Waals surface area contributed by atoms with E-state index in [1.807, 2.05) is 0 Å². The van der Waals surface area contributed by atoms with Crippen LogP contribution in [0.25, 0.3) is 0 Å². The molecule has 3 bridgehead atoms. The lowest BCUT2D eigenvalue weighted by Crippen LogP contribution is -2.57. The first-order valence-corrected chi connectivity index (χ1v) is 8.99. The van der Waals surface area contributed by atoms with E-state index in [0.29, 0.717) is 12.5 Å². The molecule has 1 unspecified atom stereocenters. The number of carbonyl (C=O) groups excluding carboxylic acids is 2. The third kappa shape index (κ3) is 2.52. The summed E-state index contributed by atoms with van der Waals surface area (Å²) in [6.07, 6.45) is 4.49. The van der Waals surface area contributed by atoms with Crippen molar-refractivity contribution in [1.29, 1.82) is 0 Å². The average molecular weight is 345 g/mol. The van der Waals surface area contributed by atoms with Crippen molar-refractivity contribution < 1.29 is 18.7 Å². The van der Waals surface area contributed by atoms with Crippen molar-refractivity contribution in [3.05, 3.63) is 29.8 Å². The van der Waals surface area contributed by atoms with E-state index in [9.17, 15) is 14.0 Å². The first-order chi connectivity index (χ1) is 12.1. The second-order valence-electron chi connectivity index (χ2n) is 7.70. The molecule has 1 saturated carbocycles. The number of aromatic nitrogens is 1. The van der Waals surface area contributed by atoms with Crippen molar-refractivity contribution in [1.82, 2.24) is 15.2 Å². The zero-order valence-corrected chi connectivity index (χ0v) is 13.7. The third-order valence-corrected chi connectivity index (χ3v) is 5.93. The Morgan fingerprint density at radius 2 is 2.04 bits per heavy atom. The Balaban J connectivity index is 1.42. The minimum Gasteiger partial charge on any atom is -0.458 e. The molecular weight excluding hydrogens is 325 g/mol. The van der Waals surface area contributed by atoms with Gasteiger partial charge in [-0.1, -0.05) is 0 Å². The standard InChI is InChI=1S/C18H20FN3O3/c19-11-3-4-12(20-7-11)17(23)22-8-9-5-13-15(22)16(14(6-9)21-13)25-18(24)10-1-2-10/h3-4,7,9-10,13-16,21H,1-2,5-6,8H2/t9?,13-,14+,15-,16+/m0/s1. The van der Waals surface area contributed by atoms with E-state index in [1.165, 1.54) is 12.1 Å². The summed E-state index contributed by atoms with van der Waals surface area (Å²) in [5.41, 5.74) is 0.235. The zero-order valence-electron chi connectivity index (χ0n) is 13.7. The molecule has 0 aromatic carbocycles. The van der Waals surface area contributed by atoms with Crippen LogP contribution in [0.1, 0.15) is 36.2 Å². The Labute approximate surface area is 144 Å². The third-order valence-electron chi connectivity index (χ3n) is 5.93. The lowest BCUT2D eigenvalue weighted by Gasteiger charge is -2.42. The van der Waals surface area contributed by atoms with Gasteiger partial charge in [0.15, 0.2) is 0 Å². The second kappa shape index (κ2) is 5.49. The van der Waals surface area contributed by atoms with Crippen LogP contribution in [0.2, 0.25) is 0 Å². The van der Waals surface area contributed by atoms with Crippen LogP contribution in [0.5, 0.6) is 0 Å². The molecule has 1 N–H and O–H groups in total. The molecular formula is C18H20FN3O3. The van der Waals surface area contributed by atoms with E-state index in [2.05, 4.69) is 10.3 Å². The van der Waals surface area contributed by atoms with Gasteiger partial charge in [-0.25, -0.2) is 9.37 Å². The van der Waals surface area contributed by atoms with Crippen LogP contribution in [-0.2, 0) is 9.53 Å². The molecule has 5 atom stereocenters. The van der Waals surface area contributed by atoms with Crippen LogP contribution in [0.4, 0.5) is 4.39 Å². The van der Waals surface area contributed by atoms with E-state index in [4.69, 9.17) is 4.74 Å². The predicted molar refractivity (Wildman–Crippen MR) is 85.1 cm³/mol. The van der Waals surface area contributed by atoms with Gasteiger partial charge in [0, 0.05) is 18.6 Å². The van der Waals surface area contributed by atoms with Gasteiger partial charge in [0.05, 0.1) is 18.2 Å².